The van der Waals surface area contributed by atoms with Crippen molar-refractivity contribution in [2.45, 2.75) is 111 Å². The number of alkyl carbamates (subject to hydrolysis) is 1. The van der Waals surface area contributed by atoms with Gasteiger partial charge >= 0.3 is 6.09 Å². The molecule has 3 atom stereocenters. The maximum absolute atomic E-state index is 15.1. The highest BCUT2D eigenvalue weighted by atomic mass is 19.1. The third-order valence-corrected chi connectivity index (χ3v) is 9.16. The van der Waals surface area contributed by atoms with Gasteiger partial charge in [-0.1, -0.05) is 65.0 Å². The van der Waals surface area contributed by atoms with Crippen LogP contribution in [0, 0.1) is 23.0 Å². The van der Waals surface area contributed by atoms with Gasteiger partial charge in [-0.25, -0.2) is 18.6 Å². The Morgan fingerprint density at radius 2 is 1.60 bits per heavy atom. The van der Waals surface area contributed by atoms with E-state index in [0.717, 1.165) is 23.8 Å². The molecule has 3 aromatic rings. The minimum absolute atomic E-state index is 0.0335. The van der Waals surface area contributed by atoms with Crippen molar-refractivity contribution in [3.05, 3.63) is 77.8 Å². The number of imidazole rings is 1. The number of halogens is 2. The number of nitrogens with one attached hydrogen (secondary N) is 3. The van der Waals surface area contributed by atoms with Crippen LogP contribution in [0.4, 0.5) is 13.6 Å². The number of nitrogens with zero attached hydrogens (tertiary/aromatic N) is 3. The van der Waals surface area contributed by atoms with Crippen LogP contribution in [0.3, 0.4) is 0 Å². The molecule has 6 N–H and O–H groups in total. The third-order valence-electron chi connectivity index (χ3n) is 9.16. The van der Waals surface area contributed by atoms with Crippen LogP contribution in [0.25, 0.3) is 11.3 Å². The third kappa shape index (κ3) is 14.5. The second kappa shape index (κ2) is 21.0. The predicted molar refractivity (Wildman–Crippen MR) is 215 cm³/mol. The molecule has 2 aromatic carbocycles. The van der Waals surface area contributed by atoms with E-state index in [9.17, 15) is 28.7 Å². The van der Waals surface area contributed by atoms with Crippen molar-refractivity contribution in [3.8, 4) is 11.3 Å². The molecule has 0 aliphatic rings. The largest absolute Gasteiger partial charge is 0.444 e. The van der Waals surface area contributed by atoms with Crippen LogP contribution in [0.5, 0.6) is 0 Å². The van der Waals surface area contributed by atoms with E-state index in [1.165, 1.54) is 4.90 Å². The fraction of sp³-hybridized carbons (Fsp3) is 0.548. The first-order valence-electron chi connectivity index (χ1n) is 19.5. The molecule has 0 saturated carbocycles. The van der Waals surface area contributed by atoms with Gasteiger partial charge in [-0.2, -0.15) is 0 Å². The van der Waals surface area contributed by atoms with Crippen molar-refractivity contribution in [1.29, 1.82) is 0 Å². The number of aliphatic hydroxyl groups excluding tert-OH is 1. The monoisotopic (exact) mass is 797 g/mol. The van der Waals surface area contributed by atoms with E-state index in [2.05, 4.69) is 16.0 Å². The zero-order chi connectivity index (χ0) is 42.5. The van der Waals surface area contributed by atoms with E-state index in [1.807, 2.05) is 55.7 Å². The minimum Gasteiger partial charge on any atom is -0.444 e. The summed E-state index contributed by atoms with van der Waals surface area (Å²) in [6.07, 6.45) is 2.65. The van der Waals surface area contributed by atoms with E-state index in [-0.39, 0.29) is 43.1 Å². The van der Waals surface area contributed by atoms with Crippen LogP contribution in [0.2, 0.25) is 0 Å². The van der Waals surface area contributed by atoms with E-state index in [4.69, 9.17) is 15.5 Å². The summed E-state index contributed by atoms with van der Waals surface area (Å²) < 4.78 is 36.5. The fourth-order valence-electron chi connectivity index (χ4n) is 6.26. The molecular weight excluding hydrogens is 737 g/mol. The topological polar surface area (TPSA) is 181 Å². The van der Waals surface area contributed by atoms with Crippen LogP contribution in [0.1, 0.15) is 98.5 Å². The summed E-state index contributed by atoms with van der Waals surface area (Å²) in [5, 5.41) is 18.5. The number of unbranched alkanes of at least 4 members (excludes halogenated alkanes) is 1. The number of ether oxygens (including phenoxy) is 1. The van der Waals surface area contributed by atoms with Crippen LogP contribution in [0.15, 0.2) is 54.7 Å². The molecular formula is C42H61F2N7O6. The Labute approximate surface area is 335 Å². The normalized spacial score (nSPS) is 13.4. The highest BCUT2D eigenvalue weighted by Gasteiger charge is 2.38. The number of nitrogens with two attached hydrogens (primary N) is 1. The number of aromatic nitrogens is 2. The minimum atomic E-state index is -0.909. The lowest BCUT2D eigenvalue weighted by Gasteiger charge is -2.40. The highest BCUT2D eigenvalue weighted by Crippen LogP contribution is 2.39. The van der Waals surface area contributed by atoms with E-state index >= 15 is 4.39 Å². The Kier molecular flexibility index (Phi) is 17.2. The molecule has 0 unspecified atom stereocenters. The van der Waals surface area contributed by atoms with Gasteiger partial charge in [-0.05, 0) is 81.5 Å². The average molecular weight is 798 g/mol. The van der Waals surface area contributed by atoms with Gasteiger partial charge in [0.25, 0.3) is 0 Å². The number of hydrogen-bond acceptors (Lipinski definition) is 8. The maximum Gasteiger partial charge on any atom is 0.407 e. The lowest BCUT2D eigenvalue weighted by atomic mass is 9.84. The Morgan fingerprint density at radius 1 is 0.930 bits per heavy atom. The molecule has 0 saturated heterocycles. The van der Waals surface area contributed by atoms with E-state index in [0.29, 0.717) is 31.8 Å². The van der Waals surface area contributed by atoms with Gasteiger partial charge in [0.15, 0.2) is 0 Å². The molecule has 57 heavy (non-hydrogen) atoms. The Morgan fingerprint density at radius 3 is 2.21 bits per heavy atom. The zero-order valence-electron chi connectivity index (χ0n) is 34.5. The molecule has 0 bridgehead atoms. The summed E-state index contributed by atoms with van der Waals surface area (Å²) in [6.45, 7) is 14.7. The van der Waals surface area contributed by atoms with Crippen molar-refractivity contribution in [2.24, 2.45) is 17.1 Å². The lowest BCUT2D eigenvalue weighted by molar-refractivity contribution is -0.139. The summed E-state index contributed by atoms with van der Waals surface area (Å²) in [5.41, 5.74) is 5.82. The standard InChI is InChI=1S/C42H61F2N7O6/c1-27(2)35(45)39(55)49-32(17-12-13-20-47-40(56)57-42(6,7)8)38(54)46-21-14-22-51(34(53)26-52)36(41(3,4)5)37-48-33(30-23-29(43)18-19-31(30)44)25-50(37)24-28-15-10-9-11-16-28/h9-11,15-16,18-19,23,25,27,32,35-36,52H,12-14,17,20-22,24,26,45H2,1-8H3,(H,46,54)(H,47,56)(H,49,55)/t32-,35-,36-/m0/s1. The smallest absolute Gasteiger partial charge is 0.407 e. The summed E-state index contributed by atoms with van der Waals surface area (Å²) in [6, 6.07) is 10.2. The SMILES string of the molecule is CC(C)[C@H](N)C(=O)N[C@@H](CCCCNC(=O)OC(C)(C)C)C(=O)NCCCN(C(=O)CO)[C@@H](c1nc(-c2cc(F)ccc2F)cn1Cc1ccccc1)C(C)(C)C. The molecule has 314 valence electrons. The average Bonchev–Trinajstić information content (AvgIpc) is 3.53. The Balaban J connectivity index is 1.82. The molecule has 4 amide bonds. The first kappa shape index (κ1) is 46.5. The fourth-order valence-corrected chi connectivity index (χ4v) is 6.26. The number of amides is 4. The van der Waals surface area contributed by atoms with Crippen molar-refractivity contribution >= 4 is 23.8 Å². The second-order valence-electron chi connectivity index (χ2n) is 16.6. The van der Waals surface area contributed by atoms with Gasteiger partial charge in [0.2, 0.25) is 17.7 Å². The molecule has 15 heteroatoms. The molecule has 3 rings (SSSR count). The summed E-state index contributed by atoms with van der Waals surface area (Å²) in [5.74, 6) is -2.53. The van der Waals surface area contributed by atoms with Crippen LogP contribution >= 0.6 is 0 Å². The zero-order valence-corrected chi connectivity index (χ0v) is 34.5. The molecule has 0 aliphatic carbocycles. The van der Waals surface area contributed by atoms with Gasteiger partial charge in [0.1, 0.15) is 35.7 Å². The molecule has 0 spiro atoms. The summed E-state index contributed by atoms with van der Waals surface area (Å²) >= 11 is 0. The number of rotatable bonds is 19. The van der Waals surface area contributed by atoms with Crippen LogP contribution in [-0.2, 0) is 25.7 Å². The molecule has 1 heterocycles. The number of benzene rings is 2. The van der Waals surface area contributed by atoms with Gasteiger partial charge in [-0.3, -0.25) is 14.4 Å². The van der Waals surface area contributed by atoms with Gasteiger partial charge in [-0.15, -0.1) is 0 Å². The molecule has 1 aromatic heterocycles. The van der Waals surface area contributed by atoms with Gasteiger partial charge < -0.3 is 41.0 Å². The van der Waals surface area contributed by atoms with Crippen molar-refractivity contribution < 1.29 is 37.8 Å². The van der Waals surface area contributed by atoms with E-state index < -0.39 is 71.2 Å². The first-order valence-corrected chi connectivity index (χ1v) is 19.5. The van der Waals surface area contributed by atoms with Crippen LogP contribution < -0.4 is 21.7 Å². The number of carbonyl (C=O) groups is 4. The Bertz CT molecular complexity index is 1790. The molecule has 0 fully saturated rings. The maximum atomic E-state index is 15.1. The van der Waals surface area contributed by atoms with Crippen LogP contribution in [-0.4, -0.2) is 87.3 Å². The van der Waals surface area contributed by atoms with Gasteiger partial charge in [0.05, 0.1) is 17.8 Å². The number of carbonyl (C=O) groups excluding carboxylic acids is 4. The summed E-state index contributed by atoms with van der Waals surface area (Å²) in [4.78, 5) is 58.3. The van der Waals surface area contributed by atoms with Crippen molar-refractivity contribution in [1.82, 2.24) is 30.4 Å². The first-order chi connectivity index (χ1) is 26.7. The predicted octanol–water partition coefficient (Wildman–Crippen LogP) is 5.45. The number of hydrogen-bond donors (Lipinski definition) is 5. The van der Waals surface area contributed by atoms with Gasteiger partial charge in [0, 0.05) is 37.9 Å². The molecule has 13 nitrogen and oxygen atoms in total. The Hall–Kier alpha value is -4.89. The van der Waals surface area contributed by atoms with Crippen molar-refractivity contribution in [3.63, 3.8) is 0 Å². The number of aliphatic hydroxyl groups is 1. The quantitative estimate of drug-likeness (QED) is 0.0993. The molecule has 0 aliphatic heterocycles. The molecule has 0 radical (unpaired) electrons. The summed E-state index contributed by atoms with van der Waals surface area (Å²) in [7, 11) is 0. The van der Waals surface area contributed by atoms with E-state index in [1.54, 1.807) is 40.8 Å². The highest BCUT2D eigenvalue weighted by molar-refractivity contribution is 5.89. The van der Waals surface area contributed by atoms with Crippen molar-refractivity contribution in [2.75, 3.05) is 26.2 Å². The lowest BCUT2D eigenvalue weighted by Crippen LogP contribution is -2.53. The second-order valence-corrected chi connectivity index (χ2v) is 16.6.